The lowest BCUT2D eigenvalue weighted by Crippen LogP contribution is -2.41. The topological polar surface area (TPSA) is 91.7 Å². The minimum absolute atomic E-state index is 0.174. The molecule has 1 aromatic carbocycles. The Bertz CT molecular complexity index is 845. The third kappa shape index (κ3) is 4.36. The van der Waals surface area contributed by atoms with Crippen molar-refractivity contribution in [1.29, 1.82) is 0 Å². The number of rotatable bonds is 6. The molecular weight excluding hydrogens is 346 g/mol. The first-order valence-corrected chi connectivity index (χ1v) is 8.91. The maximum atomic E-state index is 12.6. The lowest BCUT2D eigenvalue weighted by molar-refractivity contribution is -0.133. The normalized spacial score (nSPS) is 16.4. The van der Waals surface area contributed by atoms with Crippen LogP contribution in [0.4, 0.5) is 5.69 Å². The summed E-state index contributed by atoms with van der Waals surface area (Å²) in [7, 11) is 0. The quantitative estimate of drug-likeness (QED) is 0.758. The number of hydrogen-bond donors (Lipinski definition) is 2. The summed E-state index contributed by atoms with van der Waals surface area (Å²) in [4.78, 5) is 38.4. The van der Waals surface area contributed by atoms with Crippen molar-refractivity contribution in [2.24, 2.45) is 5.92 Å². The van der Waals surface area contributed by atoms with Crippen molar-refractivity contribution in [3.8, 4) is 0 Å². The number of anilines is 1. The van der Waals surface area contributed by atoms with Crippen LogP contribution in [0.5, 0.6) is 0 Å². The molecule has 0 aliphatic carbocycles. The molecule has 1 fully saturated rings. The average molecular weight is 369 g/mol. The predicted molar refractivity (Wildman–Crippen MR) is 99.9 cm³/mol. The summed E-state index contributed by atoms with van der Waals surface area (Å²) in [5.74, 6) is -1.11. The van der Waals surface area contributed by atoms with Crippen molar-refractivity contribution in [2.45, 2.75) is 26.8 Å². The van der Waals surface area contributed by atoms with Crippen LogP contribution in [0.1, 0.15) is 23.3 Å². The first-order valence-electron chi connectivity index (χ1n) is 8.91. The van der Waals surface area contributed by atoms with Crippen LogP contribution in [0.25, 0.3) is 0 Å². The van der Waals surface area contributed by atoms with Gasteiger partial charge in [0.05, 0.1) is 19.4 Å². The van der Waals surface area contributed by atoms with Gasteiger partial charge in [-0.05, 0) is 55.7 Å². The molecule has 0 spiro atoms. The third-order valence-corrected chi connectivity index (χ3v) is 4.79. The van der Waals surface area contributed by atoms with E-state index in [1.165, 1.54) is 6.26 Å². The highest BCUT2D eigenvalue weighted by Crippen LogP contribution is 2.27. The van der Waals surface area contributed by atoms with E-state index in [2.05, 4.69) is 10.6 Å². The zero-order valence-corrected chi connectivity index (χ0v) is 15.5. The highest BCUT2D eigenvalue weighted by atomic mass is 16.3. The maximum absolute atomic E-state index is 12.6. The monoisotopic (exact) mass is 369 g/mol. The summed E-state index contributed by atoms with van der Waals surface area (Å²) in [6.45, 7) is 4.57. The van der Waals surface area contributed by atoms with Gasteiger partial charge in [0.1, 0.15) is 11.7 Å². The van der Waals surface area contributed by atoms with E-state index in [1.807, 2.05) is 32.0 Å². The molecule has 0 radical (unpaired) electrons. The van der Waals surface area contributed by atoms with Crippen molar-refractivity contribution in [2.75, 3.05) is 18.0 Å². The van der Waals surface area contributed by atoms with Gasteiger partial charge in [-0.15, -0.1) is 0 Å². The summed E-state index contributed by atoms with van der Waals surface area (Å²) in [5.41, 5.74) is 3.05. The standard InChI is InChI=1S/C20H23N3O4/c1-13-5-6-15(10-14(13)2)23-8-7-17(20(23)26)19(25)22-12-18(24)21-11-16-4-3-9-27-16/h3-6,9-10,17H,7-8,11-12H2,1-2H3,(H,21,24)(H,22,25). The van der Waals surface area contributed by atoms with E-state index >= 15 is 0 Å². The fourth-order valence-electron chi connectivity index (χ4n) is 3.03. The largest absolute Gasteiger partial charge is 0.467 e. The second-order valence-corrected chi connectivity index (χ2v) is 6.67. The van der Waals surface area contributed by atoms with Gasteiger partial charge in [-0.25, -0.2) is 0 Å². The van der Waals surface area contributed by atoms with Crippen molar-refractivity contribution in [3.05, 3.63) is 53.5 Å². The van der Waals surface area contributed by atoms with Crippen molar-refractivity contribution in [1.82, 2.24) is 10.6 Å². The molecule has 0 saturated carbocycles. The maximum Gasteiger partial charge on any atom is 0.239 e. The van der Waals surface area contributed by atoms with Gasteiger partial charge in [0.25, 0.3) is 0 Å². The number of carbonyl (C=O) groups is 3. The number of benzene rings is 1. The molecule has 3 rings (SSSR count). The number of hydrogen-bond acceptors (Lipinski definition) is 4. The van der Waals surface area contributed by atoms with Crippen molar-refractivity contribution < 1.29 is 18.8 Å². The molecule has 1 unspecified atom stereocenters. The lowest BCUT2D eigenvalue weighted by atomic mass is 10.1. The van der Waals surface area contributed by atoms with Gasteiger partial charge >= 0.3 is 0 Å². The van der Waals surface area contributed by atoms with E-state index in [1.54, 1.807) is 17.0 Å². The van der Waals surface area contributed by atoms with Gasteiger partial charge in [-0.1, -0.05) is 6.07 Å². The zero-order chi connectivity index (χ0) is 19.4. The molecule has 1 aliphatic rings. The molecule has 142 valence electrons. The van der Waals surface area contributed by atoms with Crippen LogP contribution in [-0.2, 0) is 20.9 Å². The molecule has 7 heteroatoms. The summed E-state index contributed by atoms with van der Waals surface area (Å²) >= 11 is 0. The van der Waals surface area contributed by atoms with Gasteiger partial charge in [-0.2, -0.15) is 0 Å². The van der Waals surface area contributed by atoms with E-state index in [0.29, 0.717) is 18.7 Å². The van der Waals surface area contributed by atoms with E-state index in [0.717, 1.165) is 16.8 Å². The van der Waals surface area contributed by atoms with E-state index in [9.17, 15) is 14.4 Å². The first-order chi connectivity index (χ1) is 13.0. The molecular formula is C20H23N3O4. The van der Waals surface area contributed by atoms with Gasteiger partial charge in [0.15, 0.2) is 0 Å². The Balaban J connectivity index is 1.51. The highest BCUT2D eigenvalue weighted by Gasteiger charge is 2.37. The Morgan fingerprint density at radius 3 is 2.70 bits per heavy atom. The van der Waals surface area contributed by atoms with Crippen LogP contribution in [0.15, 0.2) is 41.0 Å². The highest BCUT2D eigenvalue weighted by molar-refractivity contribution is 6.10. The van der Waals surface area contributed by atoms with Crippen LogP contribution in [0.3, 0.4) is 0 Å². The molecule has 1 aromatic heterocycles. The summed E-state index contributed by atoms with van der Waals surface area (Å²) in [5, 5.41) is 5.19. The molecule has 7 nitrogen and oxygen atoms in total. The van der Waals surface area contributed by atoms with Crippen molar-refractivity contribution >= 4 is 23.4 Å². The van der Waals surface area contributed by atoms with Crippen LogP contribution in [0, 0.1) is 19.8 Å². The smallest absolute Gasteiger partial charge is 0.239 e. The number of nitrogens with zero attached hydrogens (tertiary/aromatic N) is 1. The van der Waals surface area contributed by atoms with Crippen LogP contribution >= 0.6 is 0 Å². The average Bonchev–Trinajstić information content (AvgIpc) is 3.30. The first kappa shape index (κ1) is 18.7. The lowest BCUT2D eigenvalue weighted by Gasteiger charge is -2.18. The molecule has 27 heavy (non-hydrogen) atoms. The second kappa shape index (κ2) is 8.07. The fourth-order valence-corrected chi connectivity index (χ4v) is 3.03. The Morgan fingerprint density at radius 1 is 1.19 bits per heavy atom. The SMILES string of the molecule is Cc1ccc(N2CCC(C(=O)NCC(=O)NCc3ccco3)C2=O)cc1C. The Morgan fingerprint density at radius 2 is 2.00 bits per heavy atom. The number of nitrogens with one attached hydrogen (secondary N) is 2. The molecule has 3 amide bonds. The second-order valence-electron chi connectivity index (χ2n) is 6.67. The van der Waals surface area contributed by atoms with Crippen LogP contribution in [-0.4, -0.2) is 30.8 Å². The molecule has 1 saturated heterocycles. The molecule has 2 N–H and O–H groups in total. The molecule has 1 aliphatic heterocycles. The number of carbonyl (C=O) groups excluding carboxylic acids is 3. The van der Waals surface area contributed by atoms with E-state index in [-0.39, 0.29) is 24.9 Å². The fraction of sp³-hybridized carbons (Fsp3) is 0.350. The molecule has 2 aromatic rings. The third-order valence-electron chi connectivity index (χ3n) is 4.79. The zero-order valence-electron chi connectivity index (χ0n) is 15.5. The molecule has 1 atom stereocenters. The van der Waals surface area contributed by atoms with Gasteiger partial charge < -0.3 is 20.0 Å². The van der Waals surface area contributed by atoms with Crippen molar-refractivity contribution in [3.63, 3.8) is 0 Å². The molecule has 2 heterocycles. The minimum Gasteiger partial charge on any atom is -0.467 e. The number of aryl methyl sites for hydroxylation is 2. The van der Waals surface area contributed by atoms with Gasteiger partial charge in [0, 0.05) is 12.2 Å². The Hall–Kier alpha value is -3.09. The summed E-state index contributed by atoms with van der Waals surface area (Å²) in [6.07, 6.45) is 1.96. The van der Waals surface area contributed by atoms with E-state index in [4.69, 9.17) is 4.42 Å². The van der Waals surface area contributed by atoms with E-state index < -0.39 is 11.8 Å². The predicted octanol–water partition coefficient (Wildman–Crippen LogP) is 1.68. The number of amides is 3. The summed E-state index contributed by atoms with van der Waals surface area (Å²) < 4.78 is 5.12. The van der Waals surface area contributed by atoms with Gasteiger partial charge in [0.2, 0.25) is 17.7 Å². The Labute approximate surface area is 157 Å². The molecule has 0 bridgehead atoms. The Kier molecular flexibility index (Phi) is 5.59. The van der Waals surface area contributed by atoms with Gasteiger partial charge in [-0.3, -0.25) is 14.4 Å². The number of furan rings is 1. The van der Waals surface area contributed by atoms with Crippen LogP contribution in [0.2, 0.25) is 0 Å². The summed E-state index contributed by atoms with van der Waals surface area (Å²) in [6, 6.07) is 9.29. The van der Waals surface area contributed by atoms with Crippen LogP contribution < -0.4 is 15.5 Å². The minimum atomic E-state index is -0.760.